The summed E-state index contributed by atoms with van der Waals surface area (Å²) < 4.78 is 29.4. The molecule has 5 rings (SSSR count). The van der Waals surface area contributed by atoms with Gasteiger partial charge < -0.3 is 9.80 Å². The van der Waals surface area contributed by atoms with Crippen LogP contribution in [-0.2, 0) is 16.6 Å². The van der Waals surface area contributed by atoms with Crippen molar-refractivity contribution >= 4 is 38.9 Å². The number of halogens is 1. The van der Waals surface area contributed by atoms with Gasteiger partial charge in [0.1, 0.15) is 0 Å². The van der Waals surface area contributed by atoms with E-state index in [1.165, 1.54) is 4.31 Å². The lowest BCUT2D eigenvalue weighted by atomic mass is 10.1. The molecule has 1 fully saturated rings. The molecule has 4 aromatic carbocycles. The molecule has 0 N–H and O–H groups in total. The summed E-state index contributed by atoms with van der Waals surface area (Å²) in [4.78, 5) is 18.1. The number of sulfonamides is 1. The van der Waals surface area contributed by atoms with Gasteiger partial charge in [-0.2, -0.15) is 0 Å². The topological polar surface area (TPSA) is 60.9 Å². The second kappa shape index (κ2) is 11.5. The van der Waals surface area contributed by atoms with Crippen molar-refractivity contribution in [1.29, 1.82) is 0 Å². The number of anilines is 2. The molecule has 0 bridgehead atoms. The summed E-state index contributed by atoms with van der Waals surface area (Å²) >= 11 is 6.08. The minimum atomic E-state index is -3.99. The molecule has 8 heteroatoms. The molecule has 1 aliphatic heterocycles. The first-order chi connectivity index (χ1) is 18.8. The molecule has 1 heterocycles. The zero-order valence-corrected chi connectivity index (χ0v) is 23.3. The van der Waals surface area contributed by atoms with E-state index < -0.39 is 10.0 Å². The van der Waals surface area contributed by atoms with Gasteiger partial charge in [0.25, 0.3) is 15.9 Å². The van der Waals surface area contributed by atoms with Crippen molar-refractivity contribution in [3.8, 4) is 0 Å². The molecule has 0 unspecified atom stereocenters. The fraction of sp³-hybridized carbons (Fsp3) is 0.194. The molecule has 200 valence electrons. The van der Waals surface area contributed by atoms with Crippen molar-refractivity contribution < 1.29 is 13.2 Å². The predicted molar refractivity (Wildman–Crippen MR) is 157 cm³/mol. The highest BCUT2D eigenvalue weighted by Crippen LogP contribution is 2.31. The van der Waals surface area contributed by atoms with Gasteiger partial charge in [-0.15, -0.1) is 0 Å². The summed E-state index contributed by atoms with van der Waals surface area (Å²) in [5.74, 6) is -0.182. The zero-order chi connectivity index (χ0) is 27.4. The second-order valence-electron chi connectivity index (χ2n) is 9.58. The van der Waals surface area contributed by atoms with Crippen molar-refractivity contribution in [2.45, 2.75) is 18.4 Å². The van der Waals surface area contributed by atoms with Gasteiger partial charge in [0.2, 0.25) is 0 Å². The van der Waals surface area contributed by atoms with Crippen molar-refractivity contribution in [1.82, 2.24) is 4.90 Å². The van der Waals surface area contributed by atoms with Crippen LogP contribution in [0.25, 0.3) is 0 Å². The molecule has 0 spiro atoms. The van der Waals surface area contributed by atoms with E-state index in [2.05, 4.69) is 17.0 Å². The lowest BCUT2D eigenvalue weighted by Crippen LogP contribution is -2.49. The van der Waals surface area contributed by atoms with Crippen LogP contribution in [0.1, 0.15) is 21.5 Å². The van der Waals surface area contributed by atoms with E-state index >= 15 is 0 Å². The highest BCUT2D eigenvalue weighted by molar-refractivity contribution is 7.92. The van der Waals surface area contributed by atoms with Gasteiger partial charge in [0.05, 0.1) is 22.7 Å². The van der Waals surface area contributed by atoms with E-state index in [-0.39, 0.29) is 17.3 Å². The monoisotopic (exact) mass is 559 g/mol. The van der Waals surface area contributed by atoms with Crippen LogP contribution >= 0.6 is 11.6 Å². The Morgan fingerprint density at radius 3 is 2.08 bits per heavy atom. The Morgan fingerprint density at radius 2 is 1.41 bits per heavy atom. The number of hydrogen-bond donors (Lipinski definition) is 0. The highest BCUT2D eigenvalue weighted by Gasteiger charge is 2.31. The van der Waals surface area contributed by atoms with Crippen LogP contribution in [0.4, 0.5) is 11.4 Å². The van der Waals surface area contributed by atoms with E-state index in [1.807, 2.05) is 25.1 Å². The number of amides is 1. The van der Waals surface area contributed by atoms with Crippen LogP contribution in [-0.4, -0.2) is 45.4 Å². The maximum absolute atomic E-state index is 14.0. The van der Waals surface area contributed by atoms with E-state index in [1.54, 1.807) is 77.7 Å². The number of benzene rings is 4. The minimum absolute atomic E-state index is 0.0550. The van der Waals surface area contributed by atoms with Gasteiger partial charge in [-0.05, 0) is 61.0 Å². The third kappa shape index (κ3) is 5.95. The third-order valence-corrected chi connectivity index (χ3v) is 8.97. The van der Waals surface area contributed by atoms with Crippen molar-refractivity contribution in [2.75, 3.05) is 35.4 Å². The molecule has 1 amide bonds. The Labute approximate surface area is 235 Å². The van der Waals surface area contributed by atoms with Crippen molar-refractivity contribution in [2.24, 2.45) is 0 Å². The number of para-hydroxylation sites is 2. The maximum Gasteiger partial charge on any atom is 0.264 e. The average Bonchev–Trinajstić information content (AvgIpc) is 2.97. The third-order valence-electron chi connectivity index (χ3n) is 6.94. The van der Waals surface area contributed by atoms with E-state index in [9.17, 15) is 13.2 Å². The number of hydrogen-bond acceptors (Lipinski definition) is 4. The fourth-order valence-corrected chi connectivity index (χ4v) is 6.34. The summed E-state index contributed by atoms with van der Waals surface area (Å²) in [5.41, 5.74) is 3.55. The Morgan fingerprint density at radius 1 is 0.795 bits per heavy atom. The van der Waals surface area contributed by atoms with Crippen LogP contribution < -0.4 is 9.21 Å². The van der Waals surface area contributed by atoms with E-state index in [0.717, 1.165) is 16.8 Å². The first-order valence-corrected chi connectivity index (χ1v) is 14.7. The number of carbonyl (C=O) groups is 1. The largest absolute Gasteiger partial charge is 0.368 e. The molecule has 0 saturated carbocycles. The summed E-state index contributed by atoms with van der Waals surface area (Å²) in [7, 11) is -3.99. The summed E-state index contributed by atoms with van der Waals surface area (Å²) in [6.45, 7) is 4.46. The molecular formula is C31H30ClN3O3S. The van der Waals surface area contributed by atoms with Crippen LogP contribution in [0, 0.1) is 6.92 Å². The minimum Gasteiger partial charge on any atom is -0.368 e. The van der Waals surface area contributed by atoms with Crippen LogP contribution in [0.5, 0.6) is 0 Å². The zero-order valence-electron chi connectivity index (χ0n) is 21.7. The quantitative estimate of drug-likeness (QED) is 0.278. The normalized spacial score (nSPS) is 13.8. The first-order valence-electron chi connectivity index (χ1n) is 12.8. The lowest BCUT2D eigenvalue weighted by Gasteiger charge is -2.37. The van der Waals surface area contributed by atoms with Gasteiger partial charge >= 0.3 is 0 Å². The predicted octanol–water partition coefficient (Wildman–Crippen LogP) is 6.01. The molecule has 1 aliphatic rings. The van der Waals surface area contributed by atoms with Crippen LogP contribution in [0.15, 0.2) is 108 Å². The van der Waals surface area contributed by atoms with Gasteiger partial charge in [-0.1, -0.05) is 71.8 Å². The molecule has 6 nitrogen and oxygen atoms in total. The molecule has 39 heavy (non-hydrogen) atoms. The molecule has 0 aliphatic carbocycles. The average molecular weight is 560 g/mol. The van der Waals surface area contributed by atoms with E-state index in [4.69, 9.17) is 11.6 Å². The SMILES string of the molecule is Cc1ccc(S(=O)(=O)N(Cc2ccc(Cl)cc2)c2ccccc2C(=O)N2CCN(c3ccccc3)CC2)cc1. The Bertz CT molecular complexity index is 1530. The number of piperazine rings is 1. The molecule has 0 aromatic heterocycles. The molecule has 1 saturated heterocycles. The van der Waals surface area contributed by atoms with Gasteiger partial charge in [0.15, 0.2) is 0 Å². The van der Waals surface area contributed by atoms with Crippen molar-refractivity contribution in [3.63, 3.8) is 0 Å². The standard InChI is InChI=1S/C31H30ClN3O3S/c1-24-11-17-28(18-12-24)39(37,38)35(23-25-13-15-26(32)16-14-25)30-10-6-5-9-29(30)31(36)34-21-19-33(20-22-34)27-7-3-2-4-8-27/h2-18H,19-23H2,1H3. The number of aryl methyl sites for hydroxylation is 1. The molecular weight excluding hydrogens is 530 g/mol. The maximum atomic E-state index is 14.0. The summed E-state index contributed by atoms with van der Waals surface area (Å²) in [5, 5.41) is 0.567. The molecule has 0 atom stereocenters. The Hall–Kier alpha value is -3.81. The second-order valence-corrected chi connectivity index (χ2v) is 11.9. The summed E-state index contributed by atoms with van der Waals surface area (Å²) in [6, 6.07) is 30.9. The van der Waals surface area contributed by atoms with Crippen LogP contribution in [0.3, 0.4) is 0 Å². The van der Waals surface area contributed by atoms with E-state index in [0.29, 0.717) is 42.5 Å². The smallest absolute Gasteiger partial charge is 0.264 e. The molecule has 0 radical (unpaired) electrons. The first kappa shape index (κ1) is 26.8. The van der Waals surface area contributed by atoms with Crippen LogP contribution in [0.2, 0.25) is 5.02 Å². The lowest BCUT2D eigenvalue weighted by molar-refractivity contribution is 0.0747. The van der Waals surface area contributed by atoms with Gasteiger partial charge in [-0.3, -0.25) is 9.10 Å². The highest BCUT2D eigenvalue weighted by atomic mass is 35.5. The van der Waals surface area contributed by atoms with Gasteiger partial charge in [0, 0.05) is 36.9 Å². The summed E-state index contributed by atoms with van der Waals surface area (Å²) in [6.07, 6.45) is 0. The number of carbonyl (C=O) groups excluding carboxylic acids is 1. The Balaban J connectivity index is 1.47. The molecule has 4 aromatic rings. The fourth-order valence-electron chi connectivity index (χ4n) is 4.74. The number of rotatable bonds is 7. The Kier molecular flexibility index (Phi) is 7.91. The number of nitrogens with zero attached hydrogens (tertiary/aromatic N) is 3. The van der Waals surface area contributed by atoms with Crippen molar-refractivity contribution in [3.05, 3.63) is 125 Å². The van der Waals surface area contributed by atoms with Gasteiger partial charge in [-0.25, -0.2) is 8.42 Å².